The van der Waals surface area contributed by atoms with Crippen molar-refractivity contribution in [3.63, 3.8) is 0 Å². The van der Waals surface area contributed by atoms with Gasteiger partial charge in [0.25, 0.3) is 5.56 Å². The number of benzene rings is 2. The van der Waals surface area contributed by atoms with Crippen molar-refractivity contribution in [1.82, 2.24) is 9.13 Å². The summed E-state index contributed by atoms with van der Waals surface area (Å²) >= 11 is 0. The van der Waals surface area contributed by atoms with Crippen LogP contribution < -0.4 is 21.3 Å². The van der Waals surface area contributed by atoms with Crippen molar-refractivity contribution < 1.29 is 9.53 Å². The van der Waals surface area contributed by atoms with E-state index in [4.69, 9.17) is 4.74 Å². The van der Waals surface area contributed by atoms with Crippen LogP contribution in [0.4, 0.5) is 5.82 Å². The Kier molecular flexibility index (Phi) is 3.83. The van der Waals surface area contributed by atoms with E-state index < -0.39 is 17.2 Å². The summed E-state index contributed by atoms with van der Waals surface area (Å²) in [7, 11) is 4.63. The molecule has 1 aliphatic heterocycles. The number of hydrogen-bond donors (Lipinski definition) is 1. The van der Waals surface area contributed by atoms with E-state index in [9.17, 15) is 14.4 Å². The van der Waals surface area contributed by atoms with Gasteiger partial charge in [0.2, 0.25) is 0 Å². The summed E-state index contributed by atoms with van der Waals surface area (Å²) in [6.45, 7) is 0. The van der Waals surface area contributed by atoms with Gasteiger partial charge in [-0.3, -0.25) is 18.7 Å². The fraction of sp³-hybridized carbons (Fsp3) is 0.174. The Morgan fingerprint density at radius 1 is 0.933 bits per heavy atom. The first kappa shape index (κ1) is 18.2. The second-order valence-electron chi connectivity index (χ2n) is 7.47. The Bertz CT molecular complexity index is 1390. The predicted octanol–water partition coefficient (Wildman–Crippen LogP) is 2.26. The first-order chi connectivity index (χ1) is 14.4. The van der Waals surface area contributed by atoms with Gasteiger partial charge in [-0.25, -0.2) is 4.79 Å². The van der Waals surface area contributed by atoms with Gasteiger partial charge in [-0.2, -0.15) is 0 Å². The van der Waals surface area contributed by atoms with E-state index in [1.165, 1.54) is 11.6 Å². The third-order valence-electron chi connectivity index (χ3n) is 5.90. The summed E-state index contributed by atoms with van der Waals surface area (Å²) in [6.07, 6.45) is 0. The second-order valence-corrected chi connectivity index (χ2v) is 7.47. The Balaban J connectivity index is 1.89. The van der Waals surface area contributed by atoms with E-state index in [0.717, 1.165) is 15.7 Å². The maximum atomic E-state index is 13.4. The predicted molar refractivity (Wildman–Crippen MR) is 113 cm³/mol. The largest absolute Gasteiger partial charge is 0.497 e. The number of Topliss-reactive ketones (excluding diaryl/α,β-unsaturated/α-hetero) is 1. The molecule has 5 rings (SSSR count). The van der Waals surface area contributed by atoms with Gasteiger partial charge in [0.1, 0.15) is 11.6 Å². The zero-order chi connectivity index (χ0) is 21.2. The molecule has 150 valence electrons. The molecule has 1 N–H and O–H groups in total. The molecule has 30 heavy (non-hydrogen) atoms. The average Bonchev–Trinajstić information content (AvgIpc) is 3.07. The van der Waals surface area contributed by atoms with Gasteiger partial charge < -0.3 is 10.1 Å². The Labute approximate surface area is 171 Å². The van der Waals surface area contributed by atoms with Gasteiger partial charge in [0.05, 0.1) is 18.4 Å². The minimum Gasteiger partial charge on any atom is -0.497 e. The molecule has 2 aliphatic rings. The monoisotopic (exact) mass is 401 g/mol. The molecule has 2 aromatic carbocycles. The lowest BCUT2D eigenvalue weighted by atomic mass is 9.81. The minimum atomic E-state index is -0.628. The number of allylic oxidation sites excluding steroid dienone is 1. The highest BCUT2D eigenvalue weighted by atomic mass is 16.5. The molecule has 0 bridgehead atoms. The van der Waals surface area contributed by atoms with Crippen LogP contribution in [0.25, 0.3) is 5.70 Å². The number of anilines is 1. The van der Waals surface area contributed by atoms with E-state index in [-0.39, 0.29) is 5.78 Å². The highest BCUT2D eigenvalue weighted by Gasteiger charge is 2.42. The Hall–Kier alpha value is -3.87. The van der Waals surface area contributed by atoms with Gasteiger partial charge >= 0.3 is 5.69 Å². The molecule has 0 saturated heterocycles. The van der Waals surface area contributed by atoms with Crippen LogP contribution in [0.2, 0.25) is 0 Å². The van der Waals surface area contributed by atoms with Crippen LogP contribution in [0.3, 0.4) is 0 Å². The number of methoxy groups -OCH3 is 1. The Morgan fingerprint density at radius 3 is 2.40 bits per heavy atom. The summed E-state index contributed by atoms with van der Waals surface area (Å²) in [6, 6.07) is 14.7. The summed E-state index contributed by atoms with van der Waals surface area (Å²) in [5.74, 6) is 0.276. The molecule has 7 nitrogen and oxygen atoms in total. The zero-order valence-corrected chi connectivity index (χ0v) is 16.7. The summed E-state index contributed by atoms with van der Waals surface area (Å²) < 4.78 is 7.87. The van der Waals surface area contributed by atoms with E-state index in [0.29, 0.717) is 34.0 Å². The third-order valence-corrected chi connectivity index (χ3v) is 5.90. The zero-order valence-electron chi connectivity index (χ0n) is 16.7. The maximum Gasteiger partial charge on any atom is 0.332 e. The topological polar surface area (TPSA) is 82.3 Å². The molecule has 0 saturated carbocycles. The smallest absolute Gasteiger partial charge is 0.332 e. The molecular weight excluding hydrogens is 382 g/mol. The van der Waals surface area contributed by atoms with Crippen molar-refractivity contribution in [2.45, 2.75) is 5.92 Å². The lowest BCUT2D eigenvalue weighted by Crippen LogP contribution is -2.42. The standard InChI is InChI=1S/C23H19N3O4/c1-25-21-18(22(28)26(2)23(25)29)16(12-7-6-8-13(11-12)30-3)17-19(24-21)14-9-4-5-10-15(14)20(17)27/h4-11,16,24H,1-3H3/t16-/m1/s1. The summed E-state index contributed by atoms with van der Waals surface area (Å²) in [4.78, 5) is 39.2. The fourth-order valence-corrected chi connectivity index (χ4v) is 4.41. The number of carbonyl (C=O) groups is 1. The fourth-order valence-electron chi connectivity index (χ4n) is 4.41. The van der Waals surface area contributed by atoms with Gasteiger partial charge in [-0.15, -0.1) is 0 Å². The SMILES string of the molecule is COc1cccc([C@@H]2C3=C(Nc4c2c(=O)n(C)c(=O)n4C)c2ccccc2C3=O)c1. The number of aromatic nitrogens is 2. The molecule has 3 aromatic rings. The molecule has 1 atom stereocenters. The molecular formula is C23H19N3O4. The van der Waals surface area contributed by atoms with Gasteiger partial charge in [-0.05, 0) is 17.7 Å². The normalized spacial score (nSPS) is 16.6. The third kappa shape index (κ3) is 2.29. The Morgan fingerprint density at radius 2 is 1.67 bits per heavy atom. The summed E-state index contributed by atoms with van der Waals surface area (Å²) in [5, 5.41) is 3.23. The lowest BCUT2D eigenvalue weighted by molar-refractivity contribution is 0.103. The van der Waals surface area contributed by atoms with Crippen LogP contribution in [0.1, 0.15) is 33.0 Å². The van der Waals surface area contributed by atoms with E-state index >= 15 is 0 Å². The number of nitrogens with zero attached hydrogens (tertiary/aromatic N) is 2. The lowest BCUT2D eigenvalue weighted by Gasteiger charge is -2.29. The second kappa shape index (κ2) is 6.32. The highest BCUT2D eigenvalue weighted by molar-refractivity contribution is 6.23. The van der Waals surface area contributed by atoms with E-state index in [1.54, 1.807) is 20.2 Å². The number of ketones is 1. The van der Waals surface area contributed by atoms with Gasteiger partial charge in [0.15, 0.2) is 5.78 Å². The van der Waals surface area contributed by atoms with Crippen molar-refractivity contribution in [3.8, 4) is 5.75 Å². The molecule has 0 amide bonds. The molecule has 0 fully saturated rings. The molecule has 7 heteroatoms. The summed E-state index contributed by atoms with van der Waals surface area (Å²) in [5.41, 5.74) is 2.75. The van der Waals surface area contributed by atoms with Crippen molar-refractivity contribution >= 4 is 17.3 Å². The number of rotatable bonds is 2. The number of carbonyl (C=O) groups excluding carboxylic acids is 1. The number of nitrogens with one attached hydrogen (secondary N) is 1. The van der Waals surface area contributed by atoms with E-state index in [1.807, 2.05) is 42.5 Å². The molecule has 0 spiro atoms. The van der Waals surface area contributed by atoms with Crippen LogP contribution in [-0.4, -0.2) is 22.0 Å². The van der Waals surface area contributed by atoms with E-state index in [2.05, 4.69) is 5.32 Å². The van der Waals surface area contributed by atoms with Crippen molar-refractivity contribution in [2.75, 3.05) is 12.4 Å². The van der Waals surface area contributed by atoms with Crippen molar-refractivity contribution in [1.29, 1.82) is 0 Å². The quantitative estimate of drug-likeness (QED) is 0.712. The molecule has 2 heterocycles. The number of hydrogen-bond acceptors (Lipinski definition) is 5. The first-order valence-corrected chi connectivity index (χ1v) is 9.53. The first-order valence-electron chi connectivity index (χ1n) is 9.53. The van der Waals surface area contributed by atoms with Gasteiger partial charge in [-0.1, -0.05) is 36.4 Å². The molecule has 1 aromatic heterocycles. The minimum absolute atomic E-state index is 0.123. The van der Waals surface area contributed by atoms with Crippen LogP contribution in [-0.2, 0) is 14.1 Å². The van der Waals surface area contributed by atoms with Crippen molar-refractivity contribution in [3.05, 3.63) is 97.2 Å². The van der Waals surface area contributed by atoms with Crippen LogP contribution in [0.15, 0.2) is 63.7 Å². The van der Waals surface area contributed by atoms with Gasteiger partial charge in [0, 0.05) is 36.7 Å². The van der Waals surface area contributed by atoms with Crippen LogP contribution in [0.5, 0.6) is 5.75 Å². The maximum absolute atomic E-state index is 13.4. The molecule has 0 unspecified atom stereocenters. The highest BCUT2D eigenvalue weighted by Crippen LogP contribution is 2.48. The molecule has 0 radical (unpaired) electrons. The number of ether oxygens (including phenoxy) is 1. The molecule has 1 aliphatic carbocycles. The average molecular weight is 401 g/mol. The van der Waals surface area contributed by atoms with Crippen LogP contribution in [0, 0.1) is 0 Å². The number of fused-ring (bicyclic) bond motifs is 3. The van der Waals surface area contributed by atoms with Crippen LogP contribution >= 0.6 is 0 Å². The van der Waals surface area contributed by atoms with Crippen molar-refractivity contribution in [2.24, 2.45) is 14.1 Å².